The smallest absolute Gasteiger partial charge is 0.311 e. The molecule has 2 aliphatic heterocycles. The number of carbonyl (C=O) groups excluding carboxylic acids is 4. The lowest BCUT2D eigenvalue weighted by Gasteiger charge is -2.43. The molecular formula is C30H40N2O8. The molecule has 5 rings (SSSR count). The van der Waals surface area contributed by atoms with E-state index in [1.54, 1.807) is 0 Å². The predicted molar refractivity (Wildman–Crippen MR) is 143 cm³/mol. The third kappa shape index (κ3) is 5.11. The molecule has 2 aliphatic carbocycles. The number of hydrogen-bond acceptors (Lipinski definition) is 9. The van der Waals surface area contributed by atoms with Crippen LogP contribution in [-0.4, -0.2) is 95.9 Å². The number of aliphatic hydroxyl groups is 1. The van der Waals surface area contributed by atoms with Crippen molar-refractivity contribution in [1.29, 1.82) is 0 Å². The standard InChI is InChI=1S/C30H40N2O8/c1-17-14-22-25(27(35)30(4)24(39-19(3)34)15-23(26(17)30)38-18(2)33)21(29(37)40-22)16-31-10-12-32(13-11-31)28(36)20-8-6-5-7-9-20/h5-9,17,21-27,35H,10-16H2,1-4H3/t17-,21-,22+,23+,24-,25+,26-,27-,30+/m0/s1. The Morgan fingerprint density at radius 3 is 2.30 bits per heavy atom. The van der Waals surface area contributed by atoms with Gasteiger partial charge in [-0.3, -0.25) is 24.1 Å². The number of rotatable bonds is 5. The molecule has 0 spiro atoms. The SMILES string of the molecule is CC(=O)O[C@H]1C[C@@H](OC(C)=O)[C@@H]2[C@@H](C)C[C@H]3OC(=O)[C@@H](CN4CCN(C(=O)c5ccccc5)CC4)[C@H]3[C@H](O)[C@@]21C. The van der Waals surface area contributed by atoms with Crippen LogP contribution in [-0.2, 0) is 28.6 Å². The van der Waals surface area contributed by atoms with Gasteiger partial charge >= 0.3 is 17.9 Å². The number of nitrogens with zero attached hydrogens (tertiary/aromatic N) is 2. The van der Waals surface area contributed by atoms with Crippen molar-refractivity contribution in [1.82, 2.24) is 9.80 Å². The minimum absolute atomic E-state index is 0.00665. The second-order valence-corrected chi connectivity index (χ2v) is 12.1. The van der Waals surface area contributed by atoms with E-state index in [-0.39, 0.29) is 23.7 Å². The van der Waals surface area contributed by atoms with Crippen molar-refractivity contribution in [2.24, 2.45) is 29.1 Å². The van der Waals surface area contributed by atoms with E-state index in [4.69, 9.17) is 14.2 Å². The molecule has 0 unspecified atom stereocenters. The highest BCUT2D eigenvalue weighted by molar-refractivity contribution is 5.94. The first-order chi connectivity index (χ1) is 19.0. The number of fused-ring (bicyclic) bond motifs is 2. The third-order valence-electron chi connectivity index (χ3n) is 9.70. The molecule has 1 N–H and O–H groups in total. The molecule has 2 saturated carbocycles. The number of piperazine rings is 1. The summed E-state index contributed by atoms with van der Waals surface area (Å²) in [6.07, 6.45) is -1.86. The van der Waals surface area contributed by atoms with Gasteiger partial charge in [-0.25, -0.2) is 0 Å². The van der Waals surface area contributed by atoms with Crippen molar-refractivity contribution in [2.75, 3.05) is 32.7 Å². The first-order valence-electron chi connectivity index (χ1n) is 14.3. The van der Waals surface area contributed by atoms with Crippen LogP contribution in [0.4, 0.5) is 0 Å². The Balaban J connectivity index is 1.34. The van der Waals surface area contributed by atoms with Gasteiger partial charge in [0.2, 0.25) is 0 Å². The van der Waals surface area contributed by atoms with Crippen molar-refractivity contribution in [3.8, 4) is 0 Å². The Labute approximate surface area is 234 Å². The summed E-state index contributed by atoms with van der Waals surface area (Å²) in [5, 5.41) is 12.1. The summed E-state index contributed by atoms with van der Waals surface area (Å²) in [4.78, 5) is 54.1. The van der Waals surface area contributed by atoms with Crippen LogP contribution in [0.3, 0.4) is 0 Å². The maximum Gasteiger partial charge on any atom is 0.311 e. The van der Waals surface area contributed by atoms with E-state index in [0.717, 1.165) is 0 Å². The fourth-order valence-electron chi connectivity index (χ4n) is 7.96. The zero-order valence-electron chi connectivity index (χ0n) is 23.7. The van der Waals surface area contributed by atoms with Gasteiger partial charge in [0.25, 0.3) is 5.91 Å². The fourth-order valence-corrected chi connectivity index (χ4v) is 7.96. The lowest BCUT2D eigenvalue weighted by atomic mass is 9.66. The first kappa shape index (κ1) is 28.5. The maximum absolute atomic E-state index is 13.2. The van der Waals surface area contributed by atoms with Crippen LogP contribution in [0.5, 0.6) is 0 Å². The summed E-state index contributed by atoms with van der Waals surface area (Å²) >= 11 is 0. The molecule has 2 saturated heterocycles. The number of amides is 1. The van der Waals surface area contributed by atoms with Gasteiger partial charge < -0.3 is 24.2 Å². The number of aliphatic hydroxyl groups excluding tert-OH is 1. The largest absolute Gasteiger partial charge is 0.462 e. The summed E-state index contributed by atoms with van der Waals surface area (Å²) < 4.78 is 17.3. The average Bonchev–Trinajstić information content (AvgIpc) is 3.33. The Kier molecular flexibility index (Phi) is 7.94. The number of ether oxygens (including phenoxy) is 3. The van der Waals surface area contributed by atoms with Gasteiger partial charge in [-0.1, -0.05) is 32.0 Å². The molecule has 40 heavy (non-hydrogen) atoms. The van der Waals surface area contributed by atoms with E-state index in [1.165, 1.54) is 13.8 Å². The minimum atomic E-state index is -1.02. The molecule has 0 radical (unpaired) electrons. The lowest BCUT2D eigenvalue weighted by molar-refractivity contribution is -0.165. The number of benzene rings is 1. The van der Waals surface area contributed by atoms with Gasteiger partial charge in [-0.15, -0.1) is 0 Å². The highest BCUT2D eigenvalue weighted by Crippen LogP contribution is 2.59. The predicted octanol–water partition coefficient (Wildman–Crippen LogP) is 1.89. The van der Waals surface area contributed by atoms with E-state index in [1.807, 2.05) is 49.1 Å². The summed E-state index contributed by atoms with van der Waals surface area (Å²) in [6, 6.07) is 9.19. The Hall–Kier alpha value is -2.98. The van der Waals surface area contributed by atoms with Crippen LogP contribution < -0.4 is 0 Å². The van der Waals surface area contributed by atoms with Crippen LogP contribution >= 0.6 is 0 Å². The first-order valence-corrected chi connectivity index (χ1v) is 14.3. The fraction of sp³-hybridized carbons (Fsp3) is 0.667. The van der Waals surface area contributed by atoms with Gasteiger partial charge in [0.05, 0.1) is 12.0 Å². The number of hydrogen-bond donors (Lipinski definition) is 1. The van der Waals surface area contributed by atoms with Crippen molar-refractivity contribution in [3.63, 3.8) is 0 Å². The van der Waals surface area contributed by atoms with Gasteiger partial charge in [0.1, 0.15) is 18.3 Å². The van der Waals surface area contributed by atoms with Crippen molar-refractivity contribution >= 4 is 23.8 Å². The molecule has 4 aliphatic rings. The molecule has 2 heterocycles. The summed E-state index contributed by atoms with van der Waals surface area (Å²) in [7, 11) is 0. The van der Waals surface area contributed by atoms with Crippen LogP contribution in [0.2, 0.25) is 0 Å². The van der Waals surface area contributed by atoms with E-state index >= 15 is 0 Å². The van der Waals surface area contributed by atoms with Crippen LogP contribution in [0.25, 0.3) is 0 Å². The van der Waals surface area contributed by atoms with Crippen LogP contribution in [0.15, 0.2) is 30.3 Å². The molecule has 10 heteroatoms. The minimum Gasteiger partial charge on any atom is -0.462 e. The molecule has 1 amide bonds. The molecular weight excluding hydrogens is 516 g/mol. The van der Waals surface area contributed by atoms with Crippen molar-refractivity contribution in [3.05, 3.63) is 35.9 Å². The second-order valence-electron chi connectivity index (χ2n) is 12.1. The quantitative estimate of drug-likeness (QED) is 0.428. The summed E-state index contributed by atoms with van der Waals surface area (Å²) in [5.74, 6) is -2.61. The molecule has 1 aromatic rings. The summed E-state index contributed by atoms with van der Waals surface area (Å²) in [6.45, 7) is 9.32. The Morgan fingerprint density at radius 2 is 1.68 bits per heavy atom. The van der Waals surface area contributed by atoms with Gasteiger partial charge in [-0.2, -0.15) is 0 Å². The molecule has 10 nitrogen and oxygen atoms in total. The van der Waals surface area contributed by atoms with Crippen molar-refractivity contribution in [2.45, 2.75) is 65.0 Å². The average molecular weight is 557 g/mol. The third-order valence-corrected chi connectivity index (χ3v) is 9.70. The van der Waals surface area contributed by atoms with E-state index in [2.05, 4.69) is 4.90 Å². The zero-order valence-corrected chi connectivity index (χ0v) is 23.7. The highest BCUT2D eigenvalue weighted by Gasteiger charge is 2.67. The monoisotopic (exact) mass is 556 g/mol. The van der Waals surface area contributed by atoms with Gasteiger partial charge in [0.15, 0.2) is 0 Å². The van der Waals surface area contributed by atoms with Crippen LogP contribution in [0, 0.1) is 29.1 Å². The second kappa shape index (κ2) is 11.1. The molecule has 218 valence electrons. The molecule has 0 bridgehead atoms. The van der Waals surface area contributed by atoms with Gasteiger partial charge in [0, 0.05) is 75.8 Å². The summed E-state index contributed by atoms with van der Waals surface area (Å²) in [5.41, 5.74) is -0.278. The van der Waals surface area contributed by atoms with Crippen molar-refractivity contribution < 1.29 is 38.5 Å². The normalized spacial score (nSPS) is 37.6. The van der Waals surface area contributed by atoms with Crippen LogP contribution in [0.1, 0.15) is 50.9 Å². The van der Waals surface area contributed by atoms with E-state index in [0.29, 0.717) is 51.1 Å². The van der Waals surface area contributed by atoms with E-state index in [9.17, 15) is 24.3 Å². The molecule has 0 aromatic heterocycles. The van der Waals surface area contributed by atoms with Gasteiger partial charge in [-0.05, 0) is 24.5 Å². The number of carbonyl (C=O) groups is 4. The number of esters is 3. The Bertz CT molecular complexity index is 1140. The zero-order chi connectivity index (χ0) is 28.8. The van der Waals surface area contributed by atoms with E-state index < -0.39 is 53.6 Å². The maximum atomic E-state index is 13.2. The Morgan fingerprint density at radius 1 is 1.02 bits per heavy atom. The lowest BCUT2D eigenvalue weighted by Crippen LogP contribution is -2.54. The highest BCUT2D eigenvalue weighted by atomic mass is 16.6. The molecule has 9 atom stereocenters. The molecule has 4 fully saturated rings. The topological polar surface area (TPSA) is 123 Å². The molecule has 1 aromatic carbocycles.